The molecule has 8 heteroatoms. The fourth-order valence-electron chi connectivity index (χ4n) is 3.31. The quantitative estimate of drug-likeness (QED) is 0.690. The van der Waals surface area contributed by atoms with Crippen molar-refractivity contribution in [1.82, 2.24) is 0 Å². The van der Waals surface area contributed by atoms with Crippen LogP contribution in [-0.4, -0.2) is 46.4 Å². The number of carbonyl (C=O) groups excluding carboxylic acids is 1. The lowest BCUT2D eigenvalue weighted by molar-refractivity contribution is -0.908. The van der Waals surface area contributed by atoms with Crippen LogP contribution >= 0.6 is 11.3 Å². The average Bonchev–Trinajstić information content (AvgIpc) is 3.28. The summed E-state index contributed by atoms with van der Waals surface area (Å²) in [5, 5.41) is 4.80. The number of anilines is 1. The molecular weight excluding hydrogens is 384 g/mol. The number of rotatable bonds is 8. The number of hydrogen-bond acceptors (Lipinski definition) is 5. The maximum absolute atomic E-state index is 12.6. The Bertz CT molecular complexity index is 860. The fourth-order valence-corrected chi connectivity index (χ4v) is 4.93. The molecule has 1 aliphatic rings. The van der Waals surface area contributed by atoms with E-state index in [1.165, 1.54) is 10.9 Å². The Labute approximate surface area is 164 Å². The third-order valence-electron chi connectivity index (χ3n) is 4.52. The van der Waals surface area contributed by atoms with Crippen molar-refractivity contribution in [3.05, 3.63) is 46.7 Å². The van der Waals surface area contributed by atoms with Crippen LogP contribution in [0.2, 0.25) is 0 Å². The topological polar surface area (TPSA) is 76.9 Å². The molecule has 27 heavy (non-hydrogen) atoms. The van der Waals surface area contributed by atoms with Gasteiger partial charge in [-0.1, -0.05) is 18.2 Å². The van der Waals surface area contributed by atoms with Crippen LogP contribution in [0.25, 0.3) is 0 Å². The third-order valence-corrected chi connectivity index (χ3v) is 6.55. The molecule has 146 valence electrons. The van der Waals surface area contributed by atoms with Gasteiger partial charge < -0.3 is 15.0 Å². The van der Waals surface area contributed by atoms with E-state index < -0.39 is 9.84 Å². The van der Waals surface area contributed by atoms with Gasteiger partial charge >= 0.3 is 0 Å². The average molecular weight is 410 g/mol. The smallest absolute Gasteiger partial charge is 0.279 e. The molecule has 0 aliphatic carbocycles. The predicted octanol–water partition coefficient (Wildman–Crippen LogP) is 1.35. The van der Waals surface area contributed by atoms with Gasteiger partial charge in [-0.25, -0.2) is 8.42 Å². The molecule has 2 aromatic rings. The largest absolute Gasteiger partial charge is 0.372 e. The molecule has 2 heterocycles. The number of para-hydroxylation sites is 1. The summed E-state index contributed by atoms with van der Waals surface area (Å²) in [6.07, 6.45) is 3.40. The molecule has 3 rings (SSSR count). The second-order valence-electron chi connectivity index (χ2n) is 6.84. The van der Waals surface area contributed by atoms with Crippen LogP contribution in [0.5, 0.6) is 0 Å². The maximum Gasteiger partial charge on any atom is 0.279 e. The Morgan fingerprint density at radius 2 is 2.11 bits per heavy atom. The highest BCUT2D eigenvalue weighted by Crippen LogP contribution is 2.20. The zero-order chi connectivity index (χ0) is 19.3. The molecule has 0 radical (unpaired) electrons. The van der Waals surface area contributed by atoms with E-state index in [-0.39, 0.29) is 23.5 Å². The number of hydrogen-bond donors (Lipinski definition) is 2. The molecule has 2 N–H and O–H groups in total. The van der Waals surface area contributed by atoms with Gasteiger partial charge in [-0.05, 0) is 36.4 Å². The monoisotopic (exact) mass is 409 g/mol. The molecular formula is C19H25N2O4S2+. The zero-order valence-corrected chi connectivity index (χ0v) is 16.9. The highest BCUT2D eigenvalue weighted by Gasteiger charge is 2.25. The zero-order valence-electron chi connectivity index (χ0n) is 15.3. The molecule has 1 unspecified atom stereocenters. The molecule has 1 fully saturated rings. The first-order valence-corrected chi connectivity index (χ1v) is 11.8. The number of benzene rings is 1. The number of nitrogens with one attached hydrogen (secondary N) is 2. The van der Waals surface area contributed by atoms with Crippen molar-refractivity contribution in [3.8, 4) is 0 Å². The third kappa shape index (κ3) is 5.87. The first kappa shape index (κ1) is 20.0. The van der Waals surface area contributed by atoms with E-state index in [4.69, 9.17) is 4.74 Å². The van der Waals surface area contributed by atoms with Crippen molar-refractivity contribution < 1.29 is 22.8 Å². The van der Waals surface area contributed by atoms with Gasteiger partial charge in [0.1, 0.15) is 19.2 Å². The molecule has 6 nitrogen and oxygen atoms in total. The number of quaternary nitrogens is 1. The van der Waals surface area contributed by atoms with Gasteiger partial charge in [0.25, 0.3) is 5.91 Å². The summed E-state index contributed by atoms with van der Waals surface area (Å²) in [5.41, 5.74) is 0.331. The van der Waals surface area contributed by atoms with Crippen LogP contribution in [0.1, 0.15) is 17.7 Å². The SMILES string of the molecule is CS(=O)(=O)c1ccccc1NC(=O)C[NH+](Cc1cccs1)C[C@H]1CCCO1. The lowest BCUT2D eigenvalue weighted by Gasteiger charge is -2.21. The highest BCUT2D eigenvalue weighted by molar-refractivity contribution is 7.90. The normalized spacial score (nSPS) is 18.3. The molecule has 0 bridgehead atoms. The summed E-state index contributed by atoms with van der Waals surface area (Å²) in [6.45, 7) is 2.55. The molecule has 1 saturated heterocycles. The van der Waals surface area contributed by atoms with Gasteiger partial charge in [0.2, 0.25) is 0 Å². The van der Waals surface area contributed by atoms with E-state index in [9.17, 15) is 13.2 Å². The van der Waals surface area contributed by atoms with Gasteiger partial charge in [0, 0.05) is 12.9 Å². The van der Waals surface area contributed by atoms with E-state index in [2.05, 4.69) is 11.4 Å². The van der Waals surface area contributed by atoms with Gasteiger partial charge in [-0.2, -0.15) is 0 Å². The summed E-state index contributed by atoms with van der Waals surface area (Å²) < 4.78 is 29.6. The van der Waals surface area contributed by atoms with E-state index in [1.807, 2.05) is 11.4 Å². The van der Waals surface area contributed by atoms with Crippen LogP contribution in [0.4, 0.5) is 5.69 Å². The van der Waals surface area contributed by atoms with E-state index >= 15 is 0 Å². The standard InChI is InChI=1S/C19H24N2O4S2/c1-27(23,24)18-9-3-2-8-17(18)20-19(22)14-21(12-15-6-4-10-25-15)13-16-7-5-11-26-16/h2-3,5,7-9,11,15H,4,6,10,12-14H2,1H3,(H,20,22)/p+1/t15-/m1/s1. The molecule has 1 aromatic carbocycles. The van der Waals surface area contributed by atoms with Gasteiger partial charge in [0.05, 0.1) is 15.5 Å². The first-order chi connectivity index (χ1) is 12.9. The second-order valence-corrected chi connectivity index (χ2v) is 9.85. The van der Waals surface area contributed by atoms with Crippen molar-refractivity contribution >= 4 is 32.8 Å². The van der Waals surface area contributed by atoms with Crippen molar-refractivity contribution in [3.63, 3.8) is 0 Å². The van der Waals surface area contributed by atoms with Crippen molar-refractivity contribution in [2.45, 2.75) is 30.4 Å². The Balaban J connectivity index is 1.68. The van der Waals surface area contributed by atoms with E-state index in [0.29, 0.717) is 5.69 Å². The Morgan fingerprint density at radius 1 is 1.30 bits per heavy atom. The first-order valence-electron chi connectivity index (χ1n) is 8.98. The molecule has 0 spiro atoms. The Kier molecular flexibility index (Phi) is 6.64. The predicted molar refractivity (Wildman–Crippen MR) is 106 cm³/mol. The molecule has 0 saturated carbocycles. The summed E-state index contributed by atoms with van der Waals surface area (Å²) in [6, 6.07) is 10.6. The van der Waals surface area contributed by atoms with Crippen molar-refractivity contribution in [1.29, 1.82) is 0 Å². The van der Waals surface area contributed by atoms with Crippen LogP contribution in [-0.2, 0) is 25.9 Å². The van der Waals surface area contributed by atoms with Gasteiger partial charge in [-0.15, -0.1) is 11.3 Å². The summed E-state index contributed by atoms with van der Waals surface area (Å²) >= 11 is 1.67. The summed E-state index contributed by atoms with van der Waals surface area (Å²) in [7, 11) is -3.41. The number of thiophene rings is 1. The summed E-state index contributed by atoms with van der Waals surface area (Å²) in [4.78, 5) is 15.1. The van der Waals surface area contributed by atoms with Crippen molar-refractivity contribution in [2.24, 2.45) is 0 Å². The van der Waals surface area contributed by atoms with Crippen LogP contribution in [0.3, 0.4) is 0 Å². The molecule has 1 aliphatic heterocycles. The molecule has 1 aromatic heterocycles. The van der Waals surface area contributed by atoms with Gasteiger partial charge in [0.15, 0.2) is 16.4 Å². The molecule has 1 amide bonds. The van der Waals surface area contributed by atoms with Crippen molar-refractivity contribution in [2.75, 3.05) is 31.3 Å². The van der Waals surface area contributed by atoms with Gasteiger partial charge in [-0.3, -0.25) is 4.79 Å². The Morgan fingerprint density at radius 3 is 2.78 bits per heavy atom. The lowest BCUT2D eigenvalue weighted by atomic mass is 10.2. The summed E-state index contributed by atoms with van der Waals surface area (Å²) in [5.74, 6) is -0.198. The van der Waals surface area contributed by atoms with Crippen LogP contribution < -0.4 is 10.2 Å². The van der Waals surface area contributed by atoms with Crippen LogP contribution in [0.15, 0.2) is 46.7 Å². The Hall–Kier alpha value is -1.74. The number of amides is 1. The maximum atomic E-state index is 12.6. The minimum absolute atomic E-state index is 0.136. The number of carbonyl (C=O) groups is 1. The van der Waals surface area contributed by atoms with Crippen LogP contribution in [0, 0.1) is 0 Å². The number of sulfone groups is 1. The molecule has 2 atom stereocenters. The highest BCUT2D eigenvalue weighted by atomic mass is 32.2. The second kappa shape index (κ2) is 8.97. The minimum atomic E-state index is -3.41. The number of ether oxygens (including phenoxy) is 1. The minimum Gasteiger partial charge on any atom is -0.372 e. The van der Waals surface area contributed by atoms with E-state index in [0.717, 1.165) is 43.7 Å². The fraction of sp³-hybridized carbons (Fsp3) is 0.421. The van der Waals surface area contributed by atoms with E-state index in [1.54, 1.807) is 29.5 Å². The lowest BCUT2D eigenvalue weighted by Crippen LogP contribution is -3.12.